The van der Waals surface area contributed by atoms with Crippen molar-refractivity contribution in [1.82, 2.24) is 10.1 Å². The number of aromatic nitrogens is 2. The van der Waals surface area contributed by atoms with Gasteiger partial charge in [0.15, 0.2) is 16.6 Å². The Labute approximate surface area is 88.5 Å². The monoisotopic (exact) mass is 225 g/mol. The van der Waals surface area contributed by atoms with Crippen molar-refractivity contribution >= 4 is 22.4 Å². The van der Waals surface area contributed by atoms with E-state index >= 15 is 0 Å². The molecule has 2 aromatic rings. The minimum Gasteiger partial charge on any atom is -0.476 e. The van der Waals surface area contributed by atoms with E-state index in [2.05, 4.69) is 15.5 Å². The Morgan fingerprint density at radius 2 is 2.53 bits per heavy atom. The molecule has 0 radical (unpaired) electrons. The number of thiazole rings is 1. The van der Waals surface area contributed by atoms with Gasteiger partial charge in [-0.15, -0.1) is 11.3 Å². The number of nitrogens with one attached hydrogen (secondary N) is 1. The summed E-state index contributed by atoms with van der Waals surface area (Å²) in [5.74, 6) is -0.360. The normalized spacial score (nSPS) is 10.1. The molecule has 78 valence electrons. The summed E-state index contributed by atoms with van der Waals surface area (Å²) in [6, 6.07) is 1.72. The number of rotatable bonds is 4. The molecule has 15 heavy (non-hydrogen) atoms. The SMILES string of the molecule is O=C(O)c1csc(NCc2ccno2)n1. The molecule has 2 heterocycles. The zero-order valence-corrected chi connectivity index (χ0v) is 8.32. The van der Waals surface area contributed by atoms with Crippen molar-refractivity contribution in [2.75, 3.05) is 5.32 Å². The summed E-state index contributed by atoms with van der Waals surface area (Å²) >= 11 is 1.23. The van der Waals surface area contributed by atoms with Crippen molar-refractivity contribution in [3.63, 3.8) is 0 Å². The Morgan fingerprint density at radius 3 is 3.13 bits per heavy atom. The predicted octanol–water partition coefficient (Wildman–Crippen LogP) is 1.44. The van der Waals surface area contributed by atoms with Crippen LogP contribution in [0.3, 0.4) is 0 Å². The lowest BCUT2D eigenvalue weighted by molar-refractivity contribution is 0.0691. The first-order valence-corrected chi connectivity index (χ1v) is 4.96. The highest BCUT2D eigenvalue weighted by molar-refractivity contribution is 7.13. The van der Waals surface area contributed by atoms with Gasteiger partial charge in [-0.25, -0.2) is 9.78 Å². The van der Waals surface area contributed by atoms with Gasteiger partial charge in [-0.2, -0.15) is 0 Å². The first-order chi connectivity index (χ1) is 7.25. The van der Waals surface area contributed by atoms with Crippen LogP contribution in [-0.4, -0.2) is 21.2 Å². The Bertz CT molecular complexity index is 451. The van der Waals surface area contributed by atoms with E-state index in [-0.39, 0.29) is 5.69 Å². The van der Waals surface area contributed by atoms with E-state index in [4.69, 9.17) is 9.63 Å². The van der Waals surface area contributed by atoms with E-state index in [1.54, 1.807) is 12.3 Å². The van der Waals surface area contributed by atoms with Crippen LogP contribution in [-0.2, 0) is 6.54 Å². The van der Waals surface area contributed by atoms with Gasteiger partial charge in [0, 0.05) is 11.4 Å². The third kappa shape index (κ3) is 2.32. The van der Waals surface area contributed by atoms with Gasteiger partial charge in [-0.05, 0) is 0 Å². The fourth-order valence-electron chi connectivity index (χ4n) is 0.949. The van der Waals surface area contributed by atoms with Gasteiger partial charge in [-0.3, -0.25) is 0 Å². The summed E-state index contributed by atoms with van der Waals surface area (Å²) in [5, 5.41) is 17.1. The number of aromatic carboxylic acids is 1. The fourth-order valence-corrected chi connectivity index (χ4v) is 1.63. The Balaban J connectivity index is 1.96. The minimum absolute atomic E-state index is 0.0417. The smallest absolute Gasteiger partial charge is 0.355 e. The Kier molecular flexibility index (Phi) is 2.64. The average molecular weight is 225 g/mol. The zero-order valence-electron chi connectivity index (χ0n) is 7.51. The third-order valence-electron chi connectivity index (χ3n) is 1.63. The molecule has 0 atom stereocenters. The van der Waals surface area contributed by atoms with Crippen LogP contribution in [0, 0.1) is 0 Å². The minimum atomic E-state index is -1.03. The van der Waals surface area contributed by atoms with Crippen molar-refractivity contribution in [3.05, 3.63) is 29.1 Å². The van der Waals surface area contributed by atoms with E-state index < -0.39 is 5.97 Å². The van der Waals surface area contributed by atoms with Gasteiger partial charge < -0.3 is 14.9 Å². The van der Waals surface area contributed by atoms with Gasteiger partial charge in [0.1, 0.15) is 0 Å². The lowest BCUT2D eigenvalue weighted by Crippen LogP contribution is -2.00. The fraction of sp³-hybridized carbons (Fsp3) is 0.125. The topological polar surface area (TPSA) is 88.2 Å². The Hall–Kier alpha value is -1.89. The highest BCUT2D eigenvalue weighted by Gasteiger charge is 2.08. The van der Waals surface area contributed by atoms with Crippen LogP contribution in [0.1, 0.15) is 16.2 Å². The molecule has 2 N–H and O–H groups in total. The van der Waals surface area contributed by atoms with Gasteiger partial charge in [0.05, 0.1) is 12.7 Å². The number of hydrogen-bond acceptors (Lipinski definition) is 6. The van der Waals surface area contributed by atoms with Crippen LogP contribution in [0.15, 0.2) is 22.2 Å². The number of carbonyl (C=O) groups is 1. The molecule has 0 unspecified atom stereocenters. The van der Waals surface area contributed by atoms with Crippen LogP contribution in [0.25, 0.3) is 0 Å². The predicted molar refractivity (Wildman–Crippen MR) is 52.9 cm³/mol. The molecule has 6 nitrogen and oxygen atoms in total. The summed E-state index contributed by atoms with van der Waals surface area (Å²) in [6.07, 6.45) is 1.54. The third-order valence-corrected chi connectivity index (χ3v) is 2.43. The molecule has 7 heteroatoms. The lowest BCUT2D eigenvalue weighted by atomic mass is 10.5. The van der Waals surface area contributed by atoms with Crippen LogP contribution < -0.4 is 5.32 Å². The molecule has 0 aromatic carbocycles. The van der Waals surface area contributed by atoms with Crippen molar-refractivity contribution in [3.8, 4) is 0 Å². The summed E-state index contributed by atoms with van der Waals surface area (Å²) in [4.78, 5) is 14.4. The molecule has 2 rings (SSSR count). The van der Waals surface area contributed by atoms with Gasteiger partial charge in [-0.1, -0.05) is 5.16 Å². The number of carboxylic acid groups (broad SMARTS) is 1. The first-order valence-electron chi connectivity index (χ1n) is 4.08. The second kappa shape index (κ2) is 4.09. The molecule has 0 spiro atoms. The number of anilines is 1. The number of carboxylic acids is 1. The standard InChI is InChI=1S/C8H7N3O3S/c12-7(13)6-4-15-8(11-6)9-3-5-1-2-10-14-5/h1-2,4H,3H2,(H,9,11)(H,12,13). The molecule has 0 bridgehead atoms. The molecule has 2 aromatic heterocycles. The second-order valence-electron chi connectivity index (χ2n) is 2.68. The maximum atomic E-state index is 10.5. The molecule has 0 saturated carbocycles. The number of hydrogen-bond donors (Lipinski definition) is 2. The highest BCUT2D eigenvalue weighted by atomic mass is 32.1. The average Bonchev–Trinajstić information content (AvgIpc) is 2.86. The van der Waals surface area contributed by atoms with Crippen LogP contribution in [0.4, 0.5) is 5.13 Å². The molecule has 0 aliphatic heterocycles. The van der Waals surface area contributed by atoms with Crippen LogP contribution >= 0.6 is 11.3 Å². The molecule has 0 amide bonds. The van der Waals surface area contributed by atoms with E-state index in [0.29, 0.717) is 17.4 Å². The van der Waals surface area contributed by atoms with Crippen molar-refractivity contribution in [2.45, 2.75) is 6.54 Å². The van der Waals surface area contributed by atoms with Crippen molar-refractivity contribution in [2.24, 2.45) is 0 Å². The molecular formula is C8H7N3O3S. The maximum absolute atomic E-state index is 10.5. The molecule has 0 aliphatic rings. The summed E-state index contributed by atoms with van der Waals surface area (Å²) in [7, 11) is 0. The number of nitrogens with zero attached hydrogens (tertiary/aromatic N) is 2. The summed E-state index contributed by atoms with van der Waals surface area (Å²) in [5.41, 5.74) is 0.0417. The lowest BCUT2D eigenvalue weighted by Gasteiger charge is -1.96. The van der Waals surface area contributed by atoms with Gasteiger partial charge in [0.25, 0.3) is 0 Å². The van der Waals surface area contributed by atoms with E-state index in [1.807, 2.05) is 0 Å². The zero-order chi connectivity index (χ0) is 10.7. The van der Waals surface area contributed by atoms with E-state index in [0.717, 1.165) is 0 Å². The van der Waals surface area contributed by atoms with Crippen molar-refractivity contribution < 1.29 is 14.4 Å². The van der Waals surface area contributed by atoms with Crippen molar-refractivity contribution in [1.29, 1.82) is 0 Å². The largest absolute Gasteiger partial charge is 0.476 e. The molecule has 0 fully saturated rings. The first kappa shape index (κ1) is 9.66. The quantitative estimate of drug-likeness (QED) is 0.818. The van der Waals surface area contributed by atoms with Gasteiger partial charge >= 0.3 is 5.97 Å². The van der Waals surface area contributed by atoms with E-state index in [9.17, 15) is 4.79 Å². The molecule has 0 aliphatic carbocycles. The molecule has 0 saturated heterocycles. The van der Waals surface area contributed by atoms with E-state index in [1.165, 1.54) is 16.7 Å². The van der Waals surface area contributed by atoms with Crippen LogP contribution in [0.5, 0.6) is 0 Å². The Morgan fingerprint density at radius 1 is 1.67 bits per heavy atom. The maximum Gasteiger partial charge on any atom is 0.355 e. The second-order valence-corrected chi connectivity index (χ2v) is 3.53. The summed E-state index contributed by atoms with van der Waals surface area (Å²) in [6.45, 7) is 0.437. The molecular weight excluding hydrogens is 218 g/mol. The summed E-state index contributed by atoms with van der Waals surface area (Å²) < 4.78 is 4.86. The van der Waals surface area contributed by atoms with Crippen LogP contribution in [0.2, 0.25) is 0 Å². The van der Waals surface area contributed by atoms with Gasteiger partial charge in [0.2, 0.25) is 0 Å². The highest BCUT2D eigenvalue weighted by Crippen LogP contribution is 2.16.